The SMILES string of the molecule is O=Cc1ccc(N2CCN3C(=O)NCC3C2)s1. The second kappa shape index (κ2) is 4.03. The summed E-state index contributed by atoms with van der Waals surface area (Å²) < 4.78 is 0. The van der Waals surface area contributed by atoms with Gasteiger partial charge in [0.25, 0.3) is 0 Å². The molecule has 2 saturated heterocycles. The van der Waals surface area contributed by atoms with Gasteiger partial charge < -0.3 is 15.1 Å². The van der Waals surface area contributed by atoms with Crippen molar-refractivity contribution in [1.82, 2.24) is 10.2 Å². The van der Waals surface area contributed by atoms with Gasteiger partial charge in [0.15, 0.2) is 6.29 Å². The summed E-state index contributed by atoms with van der Waals surface area (Å²) >= 11 is 1.51. The number of carbonyl (C=O) groups is 2. The van der Waals surface area contributed by atoms with Crippen LogP contribution in [0, 0.1) is 0 Å². The van der Waals surface area contributed by atoms with Crippen LogP contribution in [-0.2, 0) is 0 Å². The molecule has 0 radical (unpaired) electrons. The molecule has 3 heterocycles. The predicted molar refractivity (Wildman–Crippen MR) is 65.8 cm³/mol. The van der Waals surface area contributed by atoms with Crippen LogP contribution in [0.2, 0.25) is 0 Å². The molecule has 5 nitrogen and oxygen atoms in total. The standard InChI is InChI=1S/C11H13N3O2S/c15-7-9-1-2-10(17-9)13-3-4-14-8(6-13)5-12-11(14)16/h1-2,7-8H,3-6H2,(H,12,16). The Bertz CT molecular complexity index is 459. The number of urea groups is 1. The molecule has 0 spiro atoms. The number of rotatable bonds is 2. The van der Waals surface area contributed by atoms with Gasteiger partial charge in [-0.05, 0) is 12.1 Å². The third-order valence-electron chi connectivity index (χ3n) is 3.27. The molecular weight excluding hydrogens is 238 g/mol. The highest BCUT2D eigenvalue weighted by Gasteiger charge is 2.35. The number of anilines is 1. The van der Waals surface area contributed by atoms with E-state index in [0.29, 0.717) is 0 Å². The molecule has 90 valence electrons. The lowest BCUT2D eigenvalue weighted by Gasteiger charge is -2.36. The molecule has 2 amide bonds. The fraction of sp³-hybridized carbons (Fsp3) is 0.455. The van der Waals surface area contributed by atoms with Gasteiger partial charge in [0, 0.05) is 26.2 Å². The Labute approximate surface area is 103 Å². The van der Waals surface area contributed by atoms with Gasteiger partial charge in [-0.1, -0.05) is 0 Å². The highest BCUT2D eigenvalue weighted by molar-refractivity contribution is 7.17. The van der Waals surface area contributed by atoms with Crippen LogP contribution in [0.1, 0.15) is 9.67 Å². The van der Waals surface area contributed by atoms with Crippen molar-refractivity contribution in [3.05, 3.63) is 17.0 Å². The Hall–Kier alpha value is -1.56. The van der Waals surface area contributed by atoms with Crippen LogP contribution < -0.4 is 10.2 Å². The molecule has 1 N–H and O–H groups in total. The number of amides is 2. The van der Waals surface area contributed by atoms with E-state index in [-0.39, 0.29) is 12.1 Å². The average molecular weight is 251 g/mol. The molecule has 1 aromatic heterocycles. The molecule has 2 fully saturated rings. The van der Waals surface area contributed by atoms with E-state index in [1.54, 1.807) is 0 Å². The van der Waals surface area contributed by atoms with Crippen LogP contribution in [-0.4, -0.2) is 49.4 Å². The zero-order chi connectivity index (χ0) is 11.8. The van der Waals surface area contributed by atoms with Gasteiger partial charge in [-0.3, -0.25) is 4.79 Å². The van der Waals surface area contributed by atoms with Crippen LogP contribution in [0.25, 0.3) is 0 Å². The van der Waals surface area contributed by atoms with E-state index < -0.39 is 0 Å². The van der Waals surface area contributed by atoms with Crippen molar-refractivity contribution in [3.8, 4) is 0 Å². The van der Waals surface area contributed by atoms with Crippen LogP contribution >= 0.6 is 11.3 Å². The zero-order valence-corrected chi connectivity index (χ0v) is 10.1. The van der Waals surface area contributed by atoms with E-state index in [1.165, 1.54) is 11.3 Å². The highest BCUT2D eigenvalue weighted by Crippen LogP contribution is 2.27. The van der Waals surface area contributed by atoms with Gasteiger partial charge in [0.1, 0.15) is 0 Å². The number of hydrogen-bond donors (Lipinski definition) is 1. The molecule has 0 aromatic carbocycles. The molecule has 1 atom stereocenters. The largest absolute Gasteiger partial charge is 0.360 e. The predicted octanol–water partition coefficient (Wildman–Crippen LogP) is 0.774. The molecule has 1 aromatic rings. The number of fused-ring (bicyclic) bond motifs is 1. The summed E-state index contributed by atoms with van der Waals surface area (Å²) in [6, 6.07) is 4.14. The van der Waals surface area contributed by atoms with Gasteiger partial charge in [-0.15, -0.1) is 11.3 Å². The Morgan fingerprint density at radius 2 is 2.29 bits per heavy atom. The topological polar surface area (TPSA) is 52.7 Å². The Kier molecular flexibility index (Phi) is 2.51. The van der Waals surface area contributed by atoms with Crippen molar-refractivity contribution in [2.75, 3.05) is 31.1 Å². The molecule has 17 heavy (non-hydrogen) atoms. The van der Waals surface area contributed by atoms with Crippen molar-refractivity contribution in [3.63, 3.8) is 0 Å². The third-order valence-corrected chi connectivity index (χ3v) is 4.34. The number of aldehydes is 1. The van der Waals surface area contributed by atoms with Crippen LogP contribution in [0.15, 0.2) is 12.1 Å². The molecule has 0 bridgehead atoms. The molecule has 2 aliphatic heterocycles. The van der Waals surface area contributed by atoms with Crippen molar-refractivity contribution >= 4 is 28.7 Å². The number of nitrogens with one attached hydrogen (secondary N) is 1. The lowest BCUT2D eigenvalue weighted by Crippen LogP contribution is -2.52. The Morgan fingerprint density at radius 3 is 3.06 bits per heavy atom. The van der Waals surface area contributed by atoms with E-state index in [1.807, 2.05) is 17.0 Å². The van der Waals surface area contributed by atoms with E-state index in [0.717, 1.165) is 42.3 Å². The molecule has 2 aliphatic rings. The van der Waals surface area contributed by atoms with Gasteiger partial charge in [-0.25, -0.2) is 4.79 Å². The maximum Gasteiger partial charge on any atom is 0.317 e. The maximum absolute atomic E-state index is 11.5. The minimum absolute atomic E-state index is 0.0504. The number of nitrogens with zero attached hydrogens (tertiary/aromatic N) is 2. The molecular formula is C11H13N3O2S. The third kappa shape index (κ3) is 1.78. The molecule has 1 unspecified atom stereocenters. The summed E-state index contributed by atoms with van der Waals surface area (Å²) in [6.45, 7) is 3.16. The van der Waals surface area contributed by atoms with E-state index >= 15 is 0 Å². The fourth-order valence-electron chi connectivity index (χ4n) is 2.38. The van der Waals surface area contributed by atoms with Crippen LogP contribution in [0.5, 0.6) is 0 Å². The van der Waals surface area contributed by atoms with Crippen LogP contribution in [0.4, 0.5) is 9.80 Å². The first-order chi connectivity index (χ1) is 8.28. The smallest absolute Gasteiger partial charge is 0.317 e. The molecule has 0 saturated carbocycles. The summed E-state index contributed by atoms with van der Waals surface area (Å²) in [7, 11) is 0. The number of piperazine rings is 1. The lowest BCUT2D eigenvalue weighted by atomic mass is 10.2. The van der Waals surface area contributed by atoms with E-state index in [9.17, 15) is 9.59 Å². The van der Waals surface area contributed by atoms with Gasteiger partial charge in [0.2, 0.25) is 0 Å². The normalized spacial score (nSPS) is 23.5. The summed E-state index contributed by atoms with van der Waals surface area (Å²) in [4.78, 5) is 27.0. The highest BCUT2D eigenvalue weighted by atomic mass is 32.1. The second-order valence-electron chi connectivity index (χ2n) is 4.27. The minimum atomic E-state index is 0.0504. The van der Waals surface area contributed by atoms with Crippen molar-refractivity contribution < 1.29 is 9.59 Å². The van der Waals surface area contributed by atoms with Crippen molar-refractivity contribution in [1.29, 1.82) is 0 Å². The fourth-order valence-corrected chi connectivity index (χ4v) is 3.24. The first kappa shape index (κ1) is 10.6. The van der Waals surface area contributed by atoms with Gasteiger partial charge in [0.05, 0.1) is 15.9 Å². The van der Waals surface area contributed by atoms with Crippen molar-refractivity contribution in [2.45, 2.75) is 6.04 Å². The number of carbonyl (C=O) groups excluding carboxylic acids is 2. The quantitative estimate of drug-likeness (QED) is 0.790. The second-order valence-corrected chi connectivity index (χ2v) is 5.37. The number of hydrogen-bond acceptors (Lipinski definition) is 4. The first-order valence-electron chi connectivity index (χ1n) is 5.62. The van der Waals surface area contributed by atoms with Crippen molar-refractivity contribution in [2.24, 2.45) is 0 Å². The van der Waals surface area contributed by atoms with Gasteiger partial charge >= 0.3 is 6.03 Å². The zero-order valence-electron chi connectivity index (χ0n) is 9.26. The maximum atomic E-state index is 11.5. The average Bonchev–Trinajstić information content (AvgIpc) is 2.96. The van der Waals surface area contributed by atoms with E-state index in [2.05, 4.69) is 10.2 Å². The Balaban J connectivity index is 1.74. The summed E-state index contributed by atoms with van der Waals surface area (Å²) in [5.74, 6) is 0. The van der Waals surface area contributed by atoms with Crippen LogP contribution in [0.3, 0.4) is 0 Å². The molecule has 0 aliphatic carbocycles. The van der Waals surface area contributed by atoms with Gasteiger partial charge in [-0.2, -0.15) is 0 Å². The minimum Gasteiger partial charge on any atom is -0.360 e. The van der Waals surface area contributed by atoms with E-state index in [4.69, 9.17) is 0 Å². The number of thiophene rings is 1. The summed E-state index contributed by atoms with van der Waals surface area (Å²) in [5, 5.41) is 3.97. The lowest BCUT2D eigenvalue weighted by molar-refractivity contribution is 0.112. The summed E-state index contributed by atoms with van der Waals surface area (Å²) in [5.41, 5.74) is 0. The molecule has 6 heteroatoms. The monoisotopic (exact) mass is 251 g/mol. The summed E-state index contributed by atoms with van der Waals surface area (Å²) in [6.07, 6.45) is 0.880. The Morgan fingerprint density at radius 1 is 1.41 bits per heavy atom. The molecule has 3 rings (SSSR count). The first-order valence-corrected chi connectivity index (χ1v) is 6.44.